The molecule has 0 saturated heterocycles. The molecule has 0 aromatic heterocycles. The number of allylic oxidation sites excluding steroid dienone is 12. The van der Waals surface area contributed by atoms with Crippen LogP contribution in [0.5, 0.6) is 0 Å². The van der Waals surface area contributed by atoms with Crippen molar-refractivity contribution in [3.8, 4) is 0 Å². The summed E-state index contributed by atoms with van der Waals surface area (Å²) in [5, 5.41) is 0. The Morgan fingerprint density at radius 3 is 1.71 bits per heavy atom. The molecule has 6 heteroatoms. The second-order valence-corrected chi connectivity index (χ2v) is 8.01. The molecule has 5 aliphatic heterocycles. The van der Waals surface area contributed by atoms with E-state index in [-0.39, 0.29) is 5.97 Å². The fourth-order valence-corrected chi connectivity index (χ4v) is 4.03. The molecule has 1 aromatic rings. The number of hydrogen-bond acceptors (Lipinski definition) is 6. The van der Waals surface area contributed by atoms with Crippen LogP contribution in [0.25, 0.3) is 5.57 Å². The second-order valence-electron chi connectivity index (χ2n) is 8.01. The maximum Gasteiger partial charge on any atom is 0.337 e. The zero-order valence-electron chi connectivity index (χ0n) is 18.3. The molecule has 6 nitrogen and oxygen atoms in total. The third kappa shape index (κ3) is 3.82. The molecule has 6 rings (SSSR count). The molecule has 0 unspecified atom stereocenters. The number of hydrogen-bond donors (Lipinski definition) is 0. The van der Waals surface area contributed by atoms with Crippen LogP contribution in [-0.2, 0) is 4.74 Å². The Balaban J connectivity index is 1.45. The number of carbonyl (C=O) groups is 1. The van der Waals surface area contributed by atoms with Crippen LogP contribution in [0.4, 0.5) is 0 Å². The average Bonchev–Trinajstić information content (AvgIpc) is 3.64. The Hall–Kier alpha value is -4.71. The molecule has 0 radical (unpaired) electrons. The number of rotatable bonds is 2. The summed E-state index contributed by atoms with van der Waals surface area (Å²) in [5.41, 5.74) is 8.98. The van der Waals surface area contributed by atoms with Crippen molar-refractivity contribution in [1.29, 1.82) is 0 Å². The molecule has 34 heavy (non-hydrogen) atoms. The lowest BCUT2D eigenvalue weighted by atomic mass is 9.99. The standard InChI is InChI=1S/C28H18N4O2/c1-34-28(33)18-4-2-17(3-5-18)26-15-25-14-23-9-8-21(30-23)12-19-6-7-20(29-19)13-22-10-11-24(31-22)16-27(26)32-25/h2-16H,1H3. The zero-order chi connectivity index (χ0) is 23.1. The van der Waals surface area contributed by atoms with Gasteiger partial charge in [0.05, 0.1) is 58.3 Å². The van der Waals surface area contributed by atoms with E-state index in [1.807, 2.05) is 79.0 Å². The van der Waals surface area contributed by atoms with Gasteiger partial charge in [-0.15, -0.1) is 0 Å². The minimum atomic E-state index is -0.365. The predicted molar refractivity (Wildman–Crippen MR) is 135 cm³/mol. The summed E-state index contributed by atoms with van der Waals surface area (Å²) in [5.74, 6) is -0.365. The fourth-order valence-electron chi connectivity index (χ4n) is 4.03. The number of benzene rings is 1. The zero-order valence-corrected chi connectivity index (χ0v) is 18.3. The van der Waals surface area contributed by atoms with Crippen molar-refractivity contribution < 1.29 is 9.53 Å². The van der Waals surface area contributed by atoms with Gasteiger partial charge in [-0.1, -0.05) is 12.1 Å². The van der Waals surface area contributed by atoms with Crippen molar-refractivity contribution in [3.63, 3.8) is 0 Å². The Kier molecular flexibility index (Phi) is 4.70. The third-order valence-electron chi connectivity index (χ3n) is 5.66. The first-order chi connectivity index (χ1) is 16.6. The van der Waals surface area contributed by atoms with E-state index in [0.29, 0.717) is 5.56 Å². The maximum atomic E-state index is 11.8. The Morgan fingerprint density at radius 1 is 0.618 bits per heavy atom. The minimum absolute atomic E-state index is 0.365. The molecule has 0 spiro atoms. The number of fused-ring (bicyclic) bond motifs is 4. The molecule has 1 aromatic carbocycles. The Labute approximate surface area is 196 Å². The largest absolute Gasteiger partial charge is 0.465 e. The lowest BCUT2D eigenvalue weighted by Gasteiger charge is -2.05. The molecule has 0 atom stereocenters. The highest BCUT2D eigenvalue weighted by atomic mass is 16.5. The second kappa shape index (κ2) is 8.01. The van der Waals surface area contributed by atoms with E-state index in [0.717, 1.165) is 56.8 Å². The van der Waals surface area contributed by atoms with Gasteiger partial charge in [0, 0.05) is 5.57 Å². The maximum absolute atomic E-state index is 11.8. The van der Waals surface area contributed by atoms with Gasteiger partial charge in [-0.05, 0) is 84.5 Å². The lowest BCUT2D eigenvalue weighted by Crippen LogP contribution is -2.02. The van der Waals surface area contributed by atoms with E-state index < -0.39 is 0 Å². The lowest BCUT2D eigenvalue weighted by molar-refractivity contribution is 0.0600. The summed E-state index contributed by atoms with van der Waals surface area (Å²) >= 11 is 0. The van der Waals surface area contributed by atoms with Crippen molar-refractivity contribution in [2.75, 3.05) is 7.11 Å². The quantitative estimate of drug-likeness (QED) is 0.612. The summed E-state index contributed by atoms with van der Waals surface area (Å²) in [6, 6.07) is 7.31. The number of ether oxygens (including phenoxy) is 1. The highest BCUT2D eigenvalue weighted by Crippen LogP contribution is 2.29. The van der Waals surface area contributed by atoms with Crippen LogP contribution in [0.1, 0.15) is 15.9 Å². The van der Waals surface area contributed by atoms with Gasteiger partial charge in [-0.2, -0.15) is 0 Å². The summed E-state index contributed by atoms with van der Waals surface area (Å²) in [7, 11) is 1.37. The van der Waals surface area contributed by atoms with Crippen LogP contribution >= 0.6 is 0 Å². The Bertz CT molecular complexity index is 1510. The SMILES string of the molecule is COC(=O)c1ccc(C2=CC3=CC4=NC(=CC5=NC(=CC6=NC(=CC2=N3)C=C6)C=C5)C=C4)cc1. The number of nitrogens with zero attached hydrogens (tertiary/aromatic N) is 4. The van der Waals surface area contributed by atoms with Crippen molar-refractivity contribution in [2.45, 2.75) is 0 Å². The summed E-state index contributed by atoms with van der Waals surface area (Å²) in [4.78, 5) is 30.7. The summed E-state index contributed by atoms with van der Waals surface area (Å²) < 4.78 is 4.81. The summed E-state index contributed by atoms with van der Waals surface area (Å²) in [6.45, 7) is 0. The topological polar surface area (TPSA) is 75.7 Å². The molecule has 8 bridgehead atoms. The number of methoxy groups -OCH3 is 1. The molecule has 0 amide bonds. The normalized spacial score (nSPS) is 19.5. The van der Waals surface area contributed by atoms with Crippen LogP contribution < -0.4 is 0 Å². The van der Waals surface area contributed by atoms with Crippen LogP contribution in [0.15, 0.2) is 134 Å². The molecular formula is C28H18N4O2. The monoisotopic (exact) mass is 442 g/mol. The predicted octanol–water partition coefficient (Wildman–Crippen LogP) is 4.89. The van der Waals surface area contributed by atoms with Crippen molar-refractivity contribution >= 4 is 34.4 Å². The number of carbonyl (C=O) groups excluding carboxylic acids is 1. The van der Waals surface area contributed by atoms with E-state index >= 15 is 0 Å². The van der Waals surface area contributed by atoms with Gasteiger partial charge < -0.3 is 4.74 Å². The van der Waals surface area contributed by atoms with Crippen molar-refractivity contribution in [1.82, 2.24) is 0 Å². The Morgan fingerprint density at radius 2 is 1.15 bits per heavy atom. The van der Waals surface area contributed by atoms with Gasteiger partial charge in [-0.3, -0.25) is 0 Å². The average molecular weight is 442 g/mol. The molecule has 0 fully saturated rings. The number of aliphatic imine (C=N–C) groups is 4. The van der Waals surface area contributed by atoms with Gasteiger partial charge >= 0.3 is 5.97 Å². The molecule has 5 aliphatic rings. The highest BCUT2D eigenvalue weighted by molar-refractivity contribution is 6.32. The molecule has 0 saturated carbocycles. The van der Waals surface area contributed by atoms with Crippen molar-refractivity contribution in [3.05, 3.63) is 125 Å². The minimum Gasteiger partial charge on any atom is -0.465 e. The van der Waals surface area contributed by atoms with E-state index in [2.05, 4.69) is 9.98 Å². The molecule has 5 heterocycles. The molecule has 0 aliphatic carbocycles. The van der Waals surface area contributed by atoms with Crippen LogP contribution in [0, 0.1) is 0 Å². The van der Waals surface area contributed by atoms with Crippen LogP contribution in [0.2, 0.25) is 0 Å². The van der Waals surface area contributed by atoms with E-state index in [9.17, 15) is 4.79 Å². The third-order valence-corrected chi connectivity index (χ3v) is 5.66. The first-order valence-corrected chi connectivity index (χ1v) is 10.8. The fraction of sp³-hybridized carbons (Fsp3) is 0.0357. The van der Waals surface area contributed by atoms with E-state index in [4.69, 9.17) is 14.7 Å². The van der Waals surface area contributed by atoms with Gasteiger partial charge in [0.25, 0.3) is 0 Å². The number of esters is 1. The van der Waals surface area contributed by atoms with Gasteiger partial charge in [0.15, 0.2) is 0 Å². The molecule has 162 valence electrons. The van der Waals surface area contributed by atoms with Crippen LogP contribution in [0.3, 0.4) is 0 Å². The van der Waals surface area contributed by atoms with E-state index in [1.165, 1.54) is 7.11 Å². The van der Waals surface area contributed by atoms with Crippen LogP contribution in [-0.4, -0.2) is 35.9 Å². The molecule has 0 N–H and O–H groups in total. The summed E-state index contributed by atoms with van der Waals surface area (Å²) in [6.07, 6.45) is 21.7. The first-order valence-electron chi connectivity index (χ1n) is 10.8. The smallest absolute Gasteiger partial charge is 0.337 e. The van der Waals surface area contributed by atoms with Gasteiger partial charge in [0.2, 0.25) is 0 Å². The van der Waals surface area contributed by atoms with E-state index in [1.54, 1.807) is 12.1 Å². The molecular weight excluding hydrogens is 424 g/mol. The highest BCUT2D eigenvalue weighted by Gasteiger charge is 2.19. The first kappa shape index (κ1) is 19.9. The van der Waals surface area contributed by atoms with Gasteiger partial charge in [-0.25, -0.2) is 24.8 Å². The van der Waals surface area contributed by atoms with Gasteiger partial charge in [0.1, 0.15) is 0 Å². The van der Waals surface area contributed by atoms with Crippen molar-refractivity contribution in [2.24, 2.45) is 20.0 Å².